The first-order valence-electron chi connectivity index (χ1n) is 7.62. The molecule has 3 aromatic rings. The molecular weight excluding hydrogens is 302 g/mol. The van der Waals surface area contributed by atoms with Gasteiger partial charge in [-0.2, -0.15) is 0 Å². The van der Waals surface area contributed by atoms with Gasteiger partial charge in [0.25, 0.3) is 11.8 Å². The Hall–Kier alpha value is -3.21. The first kappa shape index (κ1) is 15.7. The topological polar surface area (TPSA) is 71.1 Å². The number of nitrogens with zero attached hydrogens (tertiary/aromatic N) is 1. The lowest BCUT2D eigenvalue weighted by Gasteiger charge is -2.07. The SMILES string of the molecule is CNC(=O)c1ccc(CNC(=O)c2ccc3ccccc3n2)cc1. The van der Waals surface area contributed by atoms with Gasteiger partial charge >= 0.3 is 0 Å². The molecular formula is C19H17N3O2. The molecule has 0 spiro atoms. The fourth-order valence-electron chi connectivity index (χ4n) is 2.38. The summed E-state index contributed by atoms with van der Waals surface area (Å²) in [7, 11) is 1.59. The Morgan fingerprint density at radius 3 is 2.42 bits per heavy atom. The van der Waals surface area contributed by atoms with E-state index in [1.54, 1.807) is 25.2 Å². The smallest absolute Gasteiger partial charge is 0.270 e. The molecule has 0 radical (unpaired) electrons. The molecule has 0 atom stereocenters. The Morgan fingerprint density at radius 1 is 0.917 bits per heavy atom. The van der Waals surface area contributed by atoms with Gasteiger partial charge in [0, 0.05) is 24.5 Å². The second-order valence-electron chi connectivity index (χ2n) is 5.35. The molecule has 0 aliphatic rings. The van der Waals surface area contributed by atoms with Crippen molar-refractivity contribution in [1.29, 1.82) is 0 Å². The fraction of sp³-hybridized carbons (Fsp3) is 0.105. The maximum atomic E-state index is 12.2. The maximum absolute atomic E-state index is 12.2. The second-order valence-corrected chi connectivity index (χ2v) is 5.35. The molecule has 2 aromatic carbocycles. The molecule has 1 heterocycles. The number of para-hydroxylation sites is 1. The van der Waals surface area contributed by atoms with E-state index in [0.717, 1.165) is 16.5 Å². The Bertz CT molecular complexity index is 889. The first-order chi connectivity index (χ1) is 11.7. The highest BCUT2D eigenvalue weighted by Crippen LogP contribution is 2.12. The molecule has 0 bridgehead atoms. The highest BCUT2D eigenvalue weighted by atomic mass is 16.2. The molecule has 5 heteroatoms. The van der Waals surface area contributed by atoms with Crippen molar-refractivity contribution in [3.05, 3.63) is 77.5 Å². The zero-order valence-electron chi connectivity index (χ0n) is 13.2. The van der Waals surface area contributed by atoms with Crippen molar-refractivity contribution in [1.82, 2.24) is 15.6 Å². The van der Waals surface area contributed by atoms with Gasteiger partial charge in [-0.1, -0.05) is 36.4 Å². The van der Waals surface area contributed by atoms with Gasteiger partial charge in [-0.25, -0.2) is 4.98 Å². The minimum absolute atomic E-state index is 0.133. The van der Waals surface area contributed by atoms with Crippen molar-refractivity contribution in [3.8, 4) is 0 Å². The third kappa shape index (κ3) is 3.41. The van der Waals surface area contributed by atoms with E-state index in [2.05, 4.69) is 15.6 Å². The average molecular weight is 319 g/mol. The second kappa shape index (κ2) is 6.91. The van der Waals surface area contributed by atoms with Gasteiger partial charge in [0.2, 0.25) is 0 Å². The summed E-state index contributed by atoms with van der Waals surface area (Å²) in [5, 5.41) is 6.41. The third-order valence-corrected chi connectivity index (χ3v) is 3.73. The van der Waals surface area contributed by atoms with Gasteiger partial charge in [0.1, 0.15) is 5.69 Å². The van der Waals surface area contributed by atoms with Crippen LogP contribution in [0.4, 0.5) is 0 Å². The number of pyridine rings is 1. The van der Waals surface area contributed by atoms with Gasteiger partial charge in [0.15, 0.2) is 0 Å². The number of carbonyl (C=O) groups excluding carboxylic acids is 2. The van der Waals surface area contributed by atoms with Crippen LogP contribution < -0.4 is 10.6 Å². The van der Waals surface area contributed by atoms with Crippen molar-refractivity contribution < 1.29 is 9.59 Å². The summed E-state index contributed by atoms with van der Waals surface area (Å²) in [6.07, 6.45) is 0. The van der Waals surface area contributed by atoms with Gasteiger partial charge in [0.05, 0.1) is 5.52 Å². The number of hydrogen-bond acceptors (Lipinski definition) is 3. The monoisotopic (exact) mass is 319 g/mol. The molecule has 5 nitrogen and oxygen atoms in total. The van der Waals surface area contributed by atoms with Crippen LogP contribution in [0.1, 0.15) is 26.4 Å². The summed E-state index contributed by atoms with van der Waals surface area (Å²) in [5.41, 5.74) is 2.68. The Balaban J connectivity index is 1.67. The van der Waals surface area contributed by atoms with E-state index >= 15 is 0 Å². The van der Waals surface area contributed by atoms with Crippen LogP contribution in [0.5, 0.6) is 0 Å². The van der Waals surface area contributed by atoms with Crippen LogP contribution in [0.2, 0.25) is 0 Å². The van der Waals surface area contributed by atoms with Gasteiger partial charge in [-0.05, 0) is 29.8 Å². The van der Waals surface area contributed by atoms with Crippen LogP contribution in [0.3, 0.4) is 0 Å². The van der Waals surface area contributed by atoms with Crippen molar-refractivity contribution in [2.24, 2.45) is 0 Å². The predicted octanol–water partition coefficient (Wildman–Crippen LogP) is 2.52. The molecule has 24 heavy (non-hydrogen) atoms. The molecule has 3 rings (SSSR count). The number of rotatable bonds is 4. The lowest BCUT2D eigenvalue weighted by Crippen LogP contribution is -2.24. The molecule has 0 aliphatic heterocycles. The van der Waals surface area contributed by atoms with Crippen molar-refractivity contribution in [3.63, 3.8) is 0 Å². The number of fused-ring (bicyclic) bond motifs is 1. The normalized spacial score (nSPS) is 10.4. The molecule has 0 saturated heterocycles. The first-order valence-corrected chi connectivity index (χ1v) is 7.62. The number of benzene rings is 2. The molecule has 0 fully saturated rings. The minimum Gasteiger partial charge on any atom is -0.355 e. The molecule has 0 unspecified atom stereocenters. The Kier molecular flexibility index (Phi) is 4.52. The van der Waals surface area contributed by atoms with E-state index in [-0.39, 0.29) is 11.8 Å². The zero-order valence-corrected chi connectivity index (χ0v) is 13.2. The van der Waals surface area contributed by atoms with E-state index in [4.69, 9.17) is 0 Å². The Labute approximate surface area is 139 Å². The molecule has 0 aliphatic carbocycles. The zero-order chi connectivity index (χ0) is 16.9. The van der Waals surface area contributed by atoms with Crippen LogP contribution >= 0.6 is 0 Å². The third-order valence-electron chi connectivity index (χ3n) is 3.73. The predicted molar refractivity (Wildman–Crippen MR) is 92.7 cm³/mol. The van der Waals surface area contributed by atoms with Crippen molar-refractivity contribution >= 4 is 22.7 Å². The molecule has 2 amide bonds. The van der Waals surface area contributed by atoms with Gasteiger partial charge in [-0.3, -0.25) is 9.59 Å². The average Bonchev–Trinajstić information content (AvgIpc) is 2.65. The van der Waals surface area contributed by atoms with E-state index < -0.39 is 0 Å². The summed E-state index contributed by atoms with van der Waals surface area (Å²) in [4.78, 5) is 28.1. The number of hydrogen-bond donors (Lipinski definition) is 2. The fourth-order valence-corrected chi connectivity index (χ4v) is 2.38. The minimum atomic E-state index is -0.226. The van der Waals surface area contributed by atoms with Crippen LogP contribution in [0.25, 0.3) is 10.9 Å². The number of amides is 2. The molecule has 1 aromatic heterocycles. The Morgan fingerprint density at radius 2 is 1.67 bits per heavy atom. The summed E-state index contributed by atoms with van der Waals surface area (Å²) in [6, 6.07) is 18.4. The standard InChI is InChI=1S/C19H17N3O2/c1-20-18(23)15-8-6-13(7-9-15)12-21-19(24)17-11-10-14-4-2-3-5-16(14)22-17/h2-11H,12H2,1H3,(H,20,23)(H,21,24). The summed E-state index contributed by atoms with van der Waals surface area (Å²) in [5.74, 6) is -0.359. The number of aromatic nitrogens is 1. The quantitative estimate of drug-likeness (QED) is 0.776. The van der Waals surface area contributed by atoms with E-state index in [1.807, 2.05) is 42.5 Å². The van der Waals surface area contributed by atoms with Gasteiger partial charge in [-0.15, -0.1) is 0 Å². The van der Waals surface area contributed by atoms with Gasteiger partial charge < -0.3 is 10.6 Å². The molecule has 0 saturated carbocycles. The highest BCUT2D eigenvalue weighted by Gasteiger charge is 2.08. The van der Waals surface area contributed by atoms with Crippen LogP contribution in [0.15, 0.2) is 60.7 Å². The maximum Gasteiger partial charge on any atom is 0.270 e. The van der Waals surface area contributed by atoms with Crippen LogP contribution in [-0.2, 0) is 6.54 Å². The van der Waals surface area contributed by atoms with Crippen molar-refractivity contribution in [2.45, 2.75) is 6.54 Å². The highest BCUT2D eigenvalue weighted by molar-refractivity contribution is 5.95. The summed E-state index contributed by atoms with van der Waals surface area (Å²) >= 11 is 0. The van der Waals surface area contributed by atoms with Crippen LogP contribution in [-0.4, -0.2) is 23.8 Å². The number of nitrogens with one attached hydrogen (secondary N) is 2. The molecule has 2 N–H and O–H groups in total. The van der Waals surface area contributed by atoms with Crippen LogP contribution in [0, 0.1) is 0 Å². The largest absolute Gasteiger partial charge is 0.355 e. The number of carbonyl (C=O) groups is 2. The lowest BCUT2D eigenvalue weighted by molar-refractivity contribution is 0.0942. The van der Waals surface area contributed by atoms with E-state index in [0.29, 0.717) is 17.8 Å². The van der Waals surface area contributed by atoms with E-state index in [1.165, 1.54) is 0 Å². The summed E-state index contributed by atoms with van der Waals surface area (Å²) < 4.78 is 0. The summed E-state index contributed by atoms with van der Waals surface area (Å²) in [6.45, 7) is 0.376. The van der Waals surface area contributed by atoms with Crippen molar-refractivity contribution in [2.75, 3.05) is 7.05 Å². The van der Waals surface area contributed by atoms with E-state index in [9.17, 15) is 9.59 Å². The molecule has 120 valence electrons. The lowest BCUT2D eigenvalue weighted by atomic mass is 10.1.